The van der Waals surface area contributed by atoms with Gasteiger partial charge in [0.1, 0.15) is 11.5 Å². The second-order valence-corrected chi connectivity index (χ2v) is 7.49. The quantitative estimate of drug-likeness (QED) is 0.603. The van der Waals surface area contributed by atoms with Crippen LogP contribution in [0.15, 0.2) is 72.8 Å². The summed E-state index contributed by atoms with van der Waals surface area (Å²) in [5, 5.41) is 11.8. The van der Waals surface area contributed by atoms with Gasteiger partial charge < -0.3 is 20.3 Å². The van der Waals surface area contributed by atoms with Crippen molar-refractivity contribution in [2.75, 3.05) is 14.2 Å². The molecule has 1 atom stereocenters. The third-order valence-electron chi connectivity index (χ3n) is 5.44. The molecule has 4 heteroatoms. The lowest BCUT2D eigenvalue weighted by molar-refractivity contribution is 0.0134. The van der Waals surface area contributed by atoms with E-state index < -0.39 is 11.6 Å². The Kier molecular flexibility index (Phi) is 6.57. The van der Waals surface area contributed by atoms with Crippen LogP contribution < -0.4 is 15.2 Å². The van der Waals surface area contributed by atoms with Crippen molar-refractivity contribution in [3.05, 3.63) is 95.1 Å². The van der Waals surface area contributed by atoms with E-state index in [0.717, 1.165) is 33.8 Å². The van der Waals surface area contributed by atoms with Crippen molar-refractivity contribution >= 4 is 0 Å². The third-order valence-corrected chi connectivity index (χ3v) is 5.44. The van der Waals surface area contributed by atoms with Gasteiger partial charge in [-0.05, 0) is 53.4 Å². The molecule has 152 valence electrons. The Hall–Kier alpha value is -2.82. The standard InChI is InChI=1S/C25H29NO3/c1-18-6-4-5-7-23(18)24(26)25(27,16-19-8-12-21(28-2)13-9-19)17-20-10-14-22(29-3)15-11-20/h4-15,24,27H,16-17,26H2,1-3H3/t24-/m1/s1. The Morgan fingerprint density at radius 3 is 1.66 bits per heavy atom. The zero-order valence-electron chi connectivity index (χ0n) is 17.3. The molecule has 0 aliphatic carbocycles. The first-order valence-corrected chi connectivity index (χ1v) is 9.74. The van der Waals surface area contributed by atoms with Crippen molar-refractivity contribution in [2.45, 2.75) is 31.4 Å². The zero-order chi connectivity index (χ0) is 20.9. The molecule has 0 aliphatic rings. The Morgan fingerprint density at radius 2 is 1.24 bits per heavy atom. The highest BCUT2D eigenvalue weighted by atomic mass is 16.5. The number of aliphatic hydroxyl groups is 1. The molecule has 3 N–H and O–H groups in total. The summed E-state index contributed by atoms with van der Waals surface area (Å²) >= 11 is 0. The summed E-state index contributed by atoms with van der Waals surface area (Å²) in [4.78, 5) is 0. The lowest BCUT2D eigenvalue weighted by Crippen LogP contribution is -2.45. The maximum Gasteiger partial charge on any atom is 0.118 e. The third kappa shape index (κ3) is 4.97. The van der Waals surface area contributed by atoms with Crippen LogP contribution in [0.25, 0.3) is 0 Å². The molecule has 4 nitrogen and oxygen atoms in total. The Labute approximate surface area is 172 Å². The van der Waals surface area contributed by atoms with Crippen LogP contribution in [-0.4, -0.2) is 24.9 Å². The molecule has 0 saturated heterocycles. The number of rotatable bonds is 8. The highest BCUT2D eigenvalue weighted by molar-refractivity contribution is 5.35. The monoisotopic (exact) mass is 391 g/mol. The van der Waals surface area contributed by atoms with Gasteiger partial charge in [0.2, 0.25) is 0 Å². The van der Waals surface area contributed by atoms with Crippen LogP contribution in [0.5, 0.6) is 11.5 Å². The van der Waals surface area contributed by atoms with Crippen LogP contribution in [0.4, 0.5) is 0 Å². The summed E-state index contributed by atoms with van der Waals surface area (Å²) in [6.45, 7) is 2.02. The minimum absolute atomic E-state index is 0.429. The van der Waals surface area contributed by atoms with Crippen LogP contribution in [0.3, 0.4) is 0 Å². The summed E-state index contributed by atoms with van der Waals surface area (Å²) in [5.74, 6) is 1.58. The molecule has 0 heterocycles. The Morgan fingerprint density at radius 1 is 0.793 bits per heavy atom. The Balaban J connectivity index is 1.95. The molecule has 0 spiro atoms. The van der Waals surface area contributed by atoms with E-state index in [1.165, 1.54) is 0 Å². The molecular formula is C25H29NO3. The van der Waals surface area contributed by atoms with Crippen molar-refractivity contribution in [1.29, 1.82) is 0 Å². The summed E-state index contributed by atoms with van der Waals surface area (Å²) in [5.41, 5.74) is 9.56. The van der Waals surface area contributed by atoms with Crippen LogP contribution >= 0.6 is 0 Å². The van der Waals surface area contributed by atoms with E-state index in [9.17, 15) is 5.11 Å². The molecular weight excluding hydrogens is 362 g/mol. The molecule has 3 rings (SSSR count). The van der Waals surface area contributed by atoms with Crippen LogP contribution in [0.1, 0.15) is 28.3 Å². The van der Waals surface area contributed by atoms with Crippen LogP contribution in [0, 0.1) is 6.92 Å². The molecule has 29 heavy (non-hydrogen) atoms. The normalized spacial score (nSPS) is 12.4. The minimum Gasteiger partial charge on any atom is -0.497 e. The number of methoxy groups -OCH3 is 2. The maximum absolute atomic E-state index is 11.8. The number of aryl methyl sites for hydroxylation is 1. The predicted octanol–water partition coefficient (Wildman–Crippen LogP) is 4.23. The van der Waals surface area contributed by atoms with E-state index >= 15 is 0 Å². The van der Waals surface area contributed by atoms with Crippen LogP contribution in [-0.2, 0) is 12.8 Å². The lowest BCUT2D eigenvalue weighted by Gasteiger charge is -2.35. The van der Waals surface area contributed by atoms with E-state index in [-0.39, 0.29) is 0 Å². The highest BCUT2D eigenvalue weighted by Crippen LogP contribution is 2.33. The van der Waals surface area contributed by atoms with Gasteiger partial charge >= 0.3 is 0 Å². The van der Waals surface area contributed by atoms with Gasteiger partial charge in [0.25, 0.3) is 0 Å². The van der Waals surface area contributed by atoms with Gasteiger partial charge in [-0.25, -0.2) is 0 Å². The second-order valence-electron chi connectivity index (χ2n) is 7.49. The SMILES string of the molecule is COc1ccc(CC(O)(Cc2ccc(OC)cc2)[C@H](N)c2ccccc2C)cc1. The van der Waals surface area contributed by atoms with E-state index in [0.29, 0.717) is 12.8 Å². The van der Waals surface area contributed by atoms with Gasteiger partial charge in [-0.1, -0.05) is 48.5 Å². The fourth-order valence-corrected chi connectivity index (χ4v) is 3.70. The van der Waals surface area contributed by atoms with Gasteiger partial charge in [0.15, 0.2) is 0 Å². The van der Waals surface area contributed by atoms with Crippen molar-refractivity contribution in [1.82, 2.24) is 0 Å². The average Bonchev–Trinajstić information content (AvgIpc) is 2.74. The van der Waals surface area contributed by atoms with E-state index in [2.05, 4.69) is 0 Å². The summed E-state index contributed by atoms with van der Waals surface area (Å²) < 4.78 is 10.5. The molecule has 0 amide bonds. The first-order valence-electron chi connectivity index (χ1n) is 9.74. The number of hydrogen-bond acceptors (Lipinski definition) is 4. The van der Waals surface area contributed by atoms with Gasteiger partial charge in [-0.2, -0.15) is 0 Å². The van der Waals surface area contributed by atoms with Gasteiger partial charge in [-0.3, -0.25) is 0 Å². The van der Waals surface area contributed by atoms with Gasteiger partial charge in [-0.15, -0.1) is 0 Å². The number of ether oxygens (including phenoxy) is 2. The number of benzene rings is 3. The first kappa shape index (κ1) is 20.9. The molecule has 3 aromatic carbocycles. The van der Waals surface area contributed by atoms with E-state index in [1.54, 1.807) is 14.2 Å². The van der Waals surface area contributed by atoms with E-state index in [1.807, 2.05) is 79.7 Å². The topological polar surface area (TPSA) is 64.7 Å². The summed E-state index contributed by atoms with van der Waals surface area (Å²) in [6, 6.07) is 22.9. The smallest absolute Gasteiger partial charge is 0.118 e. The predicted molar refractivity (Wildman–Crippen MR) is 116 cm³/mol. The zero-order valence-corrected chi connectivity index (χ0v) is 17.3. The highest BCUT2D eigenvalue weighted by Gasteiger charge is 2.36. The average molecular weight is 392 g/mol. The van der Waals surface area contributed by atoms with Gasteiger partial charge in [0, 0.05) is 12.8 Å². The fourth-order valence-electron chi connectivity index (χ4n) is 3.70. The summed E-state index contributed by atoms with van der Waals surface area (Å²) in [7, 11) is 3.28. The second kappa shape index (κ2) is 9.12. The fraction of sp³-hybridized carbons (Fsp3) is 0.280. The van der Waals surface area contributed by atoms with Crippen molar-refractivity contribution in [3.8, 4) is 11.5 Å². The first-order chi connectivity index (χ1) is 13.9. The lowest BCUT2D eigenvalue weighted by atomic mass is 9.78. The maximum atomic E-state index is 11.8. The van der Waals surface area contributed by atoms with Crippen molar-refractivity contribution < 1.29 is 14.6 Å². The number of hydrogen-bond donors (Lipinski definition) is 2. The van der Waals surface area contributed by atoms with Crippen molar-refractivity contribution in [2.24, 2.45) is 5.73 Å². The van der Waals surface area contributed by atoms with Crippen LogP contribution in [0.2, 0.25) is 0 Å². The minimum atomic E-state index is -1.16. The molecule has 0 unspecified atom stereocenters. The van der Waals surface area contributed by atoms with Crippen molar-refractivity contribution in [3.63, 3.8) is 0 Å². The summed E-state index contributed by atoms with van der Waals surface area (Å²) in [6.07, 6.45) is 0.858. The van der Waals surface area contributed by atoms with Gasteiger partial charge in [0.05, 0.1) is 25.9 Å². The Bertz CT molecular complexity index is 870. The molecule has 0 aromatic heterocycles. The molecule has 0 bridgehead atoms. The molecule has 3 aromatic rings. The number of nitrogens with two attached hydrogens (primary N) is 1. The largest absolute Gasteiger partial charge is 0.497 e. The molecule has 0 saturated carbocycles. The molecule has 0 fully saturated rings. The molecule has 0 aliphatic heterocycles. The van der Waals surface area contributed by atoms with E-state index in [4.69, 9.17) is 15.2 Å². The molecule has 0 radical (unpaired) electrons.